The molecule has 17 heavy (non-hydrogen) atoms. The first kappa shape index (κ1) is 13.7. The van der Waals surface area contributed by atoms with Gasteiger partial charge in [0.1, 0.15) is 0 Å². The van der Waals surface area contributed by atoms with Crippen LogP contribution in [-0.4, -0.2) is 23.3 Å². The van der Waals surface area contributed by atoms with Crippen LogP contribution in [0.1, 0.15) is 30.5 Å². The van der Waals surface area contributed by atoms with E-state index in [9.17, 15) is 4.79 Å². The molecular formula is C14H20O3. The van der Waals surface area contributed by atoms with Crippen LogP contribution in [0.3, 0.4) is 0 Å². The molecule has 0 saturated heterocycles. The van der Waals surface area contributed by atoms with Crippen LogP contribution in [0.2, 0.25) is 0 Å². The molecule has 1 rings (SSSR count). The van der Waals surface area contributed by atoms with Crippen molar-refractivity contribution < 1.29 is 14.6 Å². The second-order valence-electron chi connectivity index (χ2n) is 4.71. The number of aryl methyl sites for hydroxylation is 2. The smallest absolute Gasteiger partial charge is 0.333 e. The monoisotopic (exact) mass is 236 g/mol. The van der Waals surface area contributed by atoms with Gasteiger partial charge in [-0.3, -0.25) is 0 Å². The molecule has 1 N–H and O–H groups in total. The summed E-state index contributed by atoms with van der Waals surface area (Å²) in [6.45, 7) is 7.71. The Morgan fingerprint density at radius 2 is 1.76 bits per heavy atom. The quantitative estimate of drug-likeness (QED) is 0.855. The number of ether oxygens (including phenoxy) is 1. The zero-order valence-electron chi connectivity index (χ0n) is 10.9. The predicted octanol–water partition coefficient (Wildman–Crippen LogP) is 2.72. The fourth-order valence-corrected chi connectivity index (χ4v) is 1.92. The molecule has 0 fully saturated rings. The average molecular weight is 236 g/mol. The van der Waals surface area contributed by atoms with E-state index in [1.807, 2.05) is 39.8 Å². The summed E-state index contributed by atoms with van der Waals surface area (Å²) >= 11 is 0. The van der Waals surface area contributed by atoms with Crippen molar-refractivity contribution in [3.05, 3.63) is 34.9 Å². The number of carboxylic acid groups (broad SMARTS) is 1. The first-order valence-electron chi connectivity index (χ1n) is 5.84. The van der Waals surface area contributed by atoms with Crippen LogP contribution in [0, 0.1) is 13.8 Å². The normalized spacial score (nSPS) is 12.8. The van der Waals surface area contributed by atoms with E-state index in [1.165, 1.54) is 0 Å². The van der Waals surface area contributed by atoms with Crippen molar-refractivity contribution in [2.45, 2.75) is 46.3 Å². The van der Waals surface area contributed by atoms with E-state index in [0.717, 1.165) is 16.7 Å². The van der Waals surface area contributed by atoms with Gasteiger partial charge in [0.15, 0.2) is 6.10 Å². The van der Waals surface area contributed by atoms with Crippen molar-refractivity contribution in [2.75, 3.05) is 0 Å². The van der Waals surface area contributed by atoms with Crippen LogP contribution in [0.15, 0.2) is 18.2 Å². The van der Waals surface area contributed by atoms with E-state index in [1.54, 1.807) is 0 Å². The molecule has 0 aliphatic carbocycles. The van der Waals surface area contributed by atoms with E-state index in [2.05, 4.69) is 6.07 Å². The third-order valence-corrected chi connectivity index (χ3v) is 2.41. The van der Waals surface area contributed by atoms with Crippen LogP contribution < -0.4 is 0 Å². The van der Waals surface area contributed by atoms with E-state index >= 15 is 0 Å². The van der Waals surface area contributed by atoms with Gasteiger partial charge in [-0.05, 0) is 33.3 Å². The average Bonchev–Trinajstić information content (AvgIpc) is 2.13. The van der Waals surface area contributed by atoms with Gasteiger partial charge in [0, 0.05) is 6.42 Å². The molecule has 94 valence electrons. The zero-order valence-corrected chi connectivity index (χ0v) is 10.9. The van der Waals surface area contributed by atoms with Crippen molar-refractivity contribution in [3.8, 4) is 0 Å². The van der Waals surface area contributed by atoms with Gasteiger partial charge in [0.25, 0.3) is 0 Å². The molecule has 0 spiro atoms. The molecule has 0 aliphatic heterocycles. The lowest BCUT2D eigenvalue weighted by molar-refractivity contribution is -0.153. The topological polar surface area (TPSA) is 46.5 Å². The number of hydrogen-bond acceptors (Lipinski definition) is 2. The zero-order chi connectivity index (χ0) is 13.0. The van der Waals surface area contributed by atoms with Gasteiger partial charge in [-0.25, -0.2) is 4.79 Å². The summed E-state index contributed by atoms with van der Waals surface area (Å²) in [6.07, 6.45) is -0.436. The largest absolute Gasteiger partial charge is 0.479 e. The summed E-state index contributed by atoms with van der Waals surface area (Å²) in [5, 5.41) is 9.10. The molecule has 0 aromatic heterocycles. The second-order valence-corrected chi connectivity index (χ2v) is 4.71. The third kappa shape index (κ3) is 4.57. The van der Waals surface area contributed by atoms with Crippen molar-refractivity contribution in [1.82, 2.24) is 0 Å². The minimum Gasteiger partial charge on any atom is -0.479 e. The maximum absolute atomic E-state index is 11.1. The molecule has 0 saturated carbocycles. The summed E-state index contributed by atoms with van der Waals surface area (Å²) in [7, 11) is 0. The highest BCUT2D eigenvalue weighted by Gasteiger charge is 2.20. The predicted molar refractivity (Wildman–Crippen MR) is 67.3 cm³/mol. The molecule has 3 nitrogen and oxygen atoms in total. The van der Waals surface area contributed by atoms with Gasteiger partial charge in [-0.2, -0.15) is 0 Å². The minimum atomic E-state index is -0.905. The Hall–Kier alpha value is -1.35. The Balaban J connectivity index is 2.82. The van der Waals surface area contributed by atoms with Gasteiger partial charge in [-0.15, -0.1) is 0 Å². The van der Waals surface area contributed by atoms with Gasteiger partial charge in [0.05, 0.1) is 6.10 Å². The number of aliphatic carboxylic acids is 1. The highest BCUT2D eigenvalue weighted by Crippen LogP contribution is 2.13. The Bertz CT molecular complexity index is 376. The molecular weight excluding hydrogens is 216 g/mol. The summed E-state index contributed by atoms with van der Waals surface area (Å²) in [6, 6.07) is 6.09. The standard InChI is InChI=1S/C14H20O3/c1-9(2)17-13(14(15)16)8-12-6-10(3)5-11(4)7-12/h5-7,9,13H,8H2,1-4H3,(H,15,16)/t13-/m1/s1. The Morgan fingerprint density at radius 3 is 2.18 bits per heavy atom. The molecule has 0 amide bonds. The van der Waals surface area contributed by atoms with E-state index < -0.39 is 12.1 Å². The number of benzene rings is 1. The van der Waals surface area contributed by atoms with E-state index in [4.69, 9.17) is 9.84 Å². The van der Waals surface area contributed by atoms with Crippen molar-refractivity contribution >= 4 is 5.97 Å². The molecule has 0 radical (unpaired) electrons. The molecule has 0 unspecified atom stereocenters. The molecule has 1 aromatic rings. The minimum absolute atomic E-state index is 0.0815. The number of carbonyl (C=O) groups is 1. The third-order valence-electron chi connectivity index (χ3n) is 2.41. The van der Waals surface area contributed by atoms with Crippen molar-refractivity contribution in [2.24, 2.45) is 0 Å². The molecule has 3 heteroatoms. The van der Waals surface area contributed by atoms with Gasteiger partial charge in [0.2, 0.25) is 0 Å². The van der Waals surface area contributed by atoms with Crippen LogP contribution >= 0.6 is 0 Å². The summed E-state index contributed by atoms with van der Waals surface area (Å²) < 4.78 is 5.40. The highest BCUT2D eigenvalue weighted by atomic mass is 16.5. The molecule has 0 heterocycles. The number of hydrogen-bond donors (Lipinski definition) is 1. The molecule has 1 aromatic carbocycles. The maximum Gasteiger partial charge on any atom is 0.333 e. The van der Waals surface area contributed by atoms with Gasteiger partial charge < -0.3 is 9.84 Å². The molecule has 0 bridgehead atoms. The van der Waals surface area contributed by atoms with Crippen molar-refractivity contribution in [1.29, 1.82) is 0 Å². The number of carboxylic acids is 1. The lowest BCUT2D eigenvalue weighted by Crippen LogP contribution is -2.29. The van der Waals surface area contributed by atoms with Gasteiger partial charge in [-0.1, -0.05) is 29.3 Å². The summed E-state index contributed by atoms with van der Waals surface area (Å²) in [5.41, 5.74) is 3.30. The Labute approximate surface area is 102 Å². The SMILES string of the molecule is Cc1cc(C)cc(C[C@@H](OC(C)C)C(=O)O)c1. The van der Waals surface area contributed by atoms with Crippen LogP contribution in [-0.2, 0) is 16.0 Å². The first-order valence-corrected chi connectivity index (χ1v) is 5.84. The van der Waals surface area contributed by atoms with Crippen molar-refractivity contribution in [3.63, 3.8) is 0 Å². The van der Waals surface area contributed by atoms with Crippen LogP contribution in [0.4, 0.5) is 0 Å². The Morgan fingerprint density at radius 1 is 1.24 bits per heavy atom. The fraction of sp³-hybridized carbons (Fsp3) is 0.500. The fourth-order valence-electron chi connectivity index (χ4n) is 1.92. The van der Waals surface area contributed by atoms with Crippen LogP contribution in [0.25, 0.3) is 0 Å². The first-order chi connectivity index (χ1) is 7.88. The van der Waals surface area contributed by atoms with E-state index in [0.29, 0.717) is 6.42 Å². The lowest BCUT2D eigenvalue weighted by Gasteiger charge is -2.17. The van der Waals surface area contributed by atoms with Gasteiger partial charge >= 0.3 is 5.97 Å². The molecule has 0 aliphatic rings. The van der Waals surface area contributed by atoms with E-state index in [-0.39, 0.29) is 6.10 Å². The summed E-state index contributed by atoms with van der Waals surface area (Å²) in [4.78, 5) is 11.1. The maximum atomic E-state index is 11.1. The highest BCUT2D eigenvalue weighted by molar-refractivity contribution is 5.72. The number of rotatable bonds is 5. The van der Waals surface area contributed by atoms with Crippen LogP contribution in [0.5, 0.6) is 0 Å². The second kappa shape index (κ2) is 5.82. The Kier molecular flexibility index (Phi) is 4.70. The molecule has 1 atom stereocenters. The lowest BCUT2D eigenvalue weighted by atomic mass is 10.0. The summed E-state index contributed by atoms with van der Waals surface area (Å²) in [5.74, 6) is -0.905.